The first kappa shape index (κ1) is 18.6. The van der Waals surface area contributed by atoms with Gasteiger partial charge in [0.05, 0.1) is 0 Å². The van der Waals surface area contributed by atoms with Gasteiger partial charge in [-0.05, 0) is 0 Å². The molecule has 0 heterocycles. The first-order chi connectivity index (χ1) is 7.72. The van der Waals surface area contributed by atoms with E-state index < -0.39 is 20.4 Å². The Hall–Kier alpha value is 0.640. The van der Waals surface area contributed by atoms with Crippen LogP contribution < -0.4 is 24.8 Å². The molecule has 0 aromatic heterocycles. The van der Waals surface area contributed by atoms with Gasteiger partial charge in [-0.25, -0.2) is 0 Å². The molecule has 0 spiro atoms. The summed E-state index contributed by atoms with van der Waals surface area (Å²) in [6, 6.07) is 0. The summed E-state index contributed by atoms with van der Waals surface area (Å²) in [5.41, 5.74) is 1.50. The van der Waals surface area contributed by atoms with Gasteiger partial charge in [0.1, 0.15) is 0 Å². The van der Waals surface area contributed by atoms with E-state index in [1.54, 1.807) is 5.57 Å². The van der Waals surface area contributed by atoms with Crippen LogP contribution in [-0.4, -0.2) is 5.43 Å². The second kappa shape index (κ2) is 8.74. The topological polar surface area (TPSA) is 0 Å². The fraction of sp³-hybridized carbons (Fsp3) is 0.429. The first-order valence-corrected chi connectivity index (χ1v) is 14.8. The van der Waals surface area contributed by atoms with E-state index in [4.69, 9.17) is 0 Å². The van der Waals surface area contributed by atoms with Crippen molar-refractivity contribution in [1.82, 2.24) is 0 Å². The molecule has 0 nitrogen and oxygen atoms in total. The molecule has 0 radical (unpaired) electrons. The van der Waals surface area contributed by atoms with E-state index in [0.717, 1.165) is 0 Å². The fourth-order valence-corrected chi connectivity index (χ4v) is 19.4. The van der Waals surface area contributed by atoms with Crippen molar-refractivity contribution in [2.75, 3.05) is 0 Å². The van der Waals surface area contributed by atoms with Gasteiger partial charge >= 0.3 is 108 Å². The molecule has 18 heavy (non-hydrogen) atoms. The van der Waals surface area contributed by atoms with Crippen LogP contribution in [0.2, 0.25) is 13.1 Å². The molecule has 0 unspecified atom stereocenters. The largest absolute Gasteiger partial charge is 1.00 e. The molecule has 0 fully saturated rings. The summed E-state index contributed by atoms with van der Waals surface area (Å²) in [6.45, 7) is 7.33. The molecule has 0 atom stereocenters. The van der Waals surface area contributed by atoms with Crippen molar-refractivity contribution >= 4 is 5.43 Å². The Morgan fingerprint density at radius 2 is 1.89 bits per heavy atom. The van der Waals surface area contributed by atoms with Crippen molar-refractivity contribution in [3.8, 4) is 0 Å². The monoisotopic (exact) mass is 376 g/mol. The fourth-order valence-electron chi connectivity index (χ4n) is 2.48. The normalized spacial score (nSPS) is 15.8. The van der Waals surface area contributed by atoms with Gasteiger partial charge in [-0.3, -0.25) is 0 Å². The molecule has 2 aliphatic carbocycles. The third kappa shape index (κ3) is 4.34. The van der Waals surface area contributed by atoms with E-state index >= 15 is 0 Å². The average Bonchev–Trinajstić information content (AvgIpc) is 2.88. The number of allylic oxidation sites excluding steroid dienone is 8. The second-order valence-electron chi connectivity index (χ2n) is 4.71. The van der Waals surface area contributed by atoms with Gasteiger partial charge in [0.25, 0.3) is 0 Å². The Balaban J connectivity index is 0.00000144. The van der Waals surface area contributed by atoms with Crippen molar-refractivity contribution in [2.45, 2.75) is 39.3 Å². The molecule has 2 aliphatic rings. The molecule has 0 N–H and O–H groups in total. The first-order valence-electron chi connectivity index (χ1n) is 6.16. The smallest absolute Gasteiger partial charge is 1.00 e. The Kier molecular flexibility index (Phi) is 9.05. The van der Waals surface area contributed by atoms with Crippen molar-refractivity contribution < 1.29 is 45.2 Å². The Bertz CT molecular complexity index is 452. The molecule has 4 heteroatoms. The molecule has 98 valence electrons. The van der Waals surface area contributed by atoms with E-state index in [2.05, 4.69) is 50.4 Å². The minimum Gasteiger partial charge on any atom is -1.00 e. The zero-order valence-corrected chi connectivity index (χ0v) is 16.2. The van der Waals surface area contributed by atoms with Crippen LogP contribution in [0.25, 0.3) is 0 Å². The Morgan fingerprint density at radius 1 is 1.17 bits per heavy atom. The zero-order chi connectivity index (χ0) is 11.5. The third-order valence-corrected chi connectivity index (χ3v) is 20.4. The van der Waals surface area contributed by atoms with E-state index in [-0.39, 0.29) is 30.2 Å². The SMILES string of the molecule is CCC1=CC[C]([Zr+2]([C]2=CC=CC2)=[Si](C)C)=C1.[Cl-].[Cl-]. The van der Waals surface area contributed by atoms with Crippen LogP contribution >= 0.6 is 0 Å². The molecule has 0 amide bonds. The van der Waals surface area contributed by atoms with Gasteiger partial charge in [-0.1, -0.05) is 0 Å². The zero-order valence-electron chi connectivity index (χ0n) is 11.3. The minimum atomic E-state index is -1.39. The van der Waals surface area contributed by atoms with Crippen LogP contribution in [0.15, 0.2) is 42.5 Å². The van der Waals surface area contributed by atoms with Crippen LogP contribution in [0.4, 0.5) is 0 Å². The third-order valence-electron chi connectivity index (χ3n) is 3.27. The van der Waals surface area contributed by atoms with Gasteiger partial charge in [-0.2, -0.15) is 0 Å². The van der Waals surface area contributed by atoms with Gasteiger partial charge in [0.15, 0.2) is 0 Å². The van der Waals surface area contributed by atoms with Gasteiger partial charge in [-0.15, -0.1) is 0 Å². The molecule has 0 bridgehead atoms. The predicted octanol–water partition coefficient (Wildman–Crippen LogP) is -1.67. The number of rotatable bonds is 3. The van der Waals surface area contributed by atoms with E-state index in [1.165, 1.54) is 19.3 Å². The molecule has 0 aromatic rings. The van der Waals surface area contributed by atoms with Gasteiger partial charge < -0.3 is 24.8 Å². The molecule has 0 saturated carbocycles. The average molecular weight is 379 g/mol. The summed E-state index contributed by atoms with van der Waals surface area (Å²) in [5, 5.41) is 0. The minimum absolute atomic E-state index is 0. The Labute approximate surface area is 131 Å². The van der Waals surface area contributed by atoms with Crippen LogP contribution in [0.5, 0.6) is 0 Å². The van der Waals surface area contributed by atoms with E-state index in [0.29, 0.717) is 0 Å². The summed E-state index contributed by atoms with van der Waals surface area (Å²) in [6.07, 6.45) is 15.8. The molecular formula is C14H20Cl2SiZr. The maximum atomic E-state index is 2.55. The van der Waals surface area contributed by atoms with Crippen molar-refractivity contribution in [1.29, 1.82) is 0 Å². The quantitative estimate of drug-likeness (QED) is 0.516. The van der Waals surface area contributed by atoms with Crippen LogP contribution in [-0.2, 0) is 20.4 Å². The van der Waals surface area contributed by atoms with Crippen LogP contribution in [0.1, 0.15) is 26.2 Å². The predicted molar refractivity (Wildman–Crippen MR) is 70.4 cm³/mol. The van der Waals surface area contributed by atoms with Crippen molar-refractivity contribution in [2.24, 2.45) is 0 Å². The second-order valence-corrected chi connectivity index (χ2v) is 22.0. The summed E-state index contributed by atoms with van der Waals surface area (Å²) in [7, 11) is 0. The van der Waals surface area contributed by atoms with E-state index in [1.807, 2.05) is 6.56 Å². The molecule has 0 aromatic carbocycles. The number of halogens is 2. The summed E-state index contributed by atoms with van der Waals surface area (Å²) < 4.78 is 3.71. The summed E-state index contributed by atoms with van der Waals surface area (Å²) in [4.78, 5) is 0. The molecule has 0 aliphatic heterocycles. The molecular weight excluding hydrogens is 358 g/mol. The maximum absolute atomic E-state index is 2.55. The Morgan fingerprint density at radius 3 is 2.33 bits per heavy atom. The summed E-state index contributed by atoms with van der Waals surface area (Å²) >= 11 is -1.39. The molecule has 2 rings (SSSR count). The number of hydrogen-bond donors (Lipinski definition) is 0. The van der Waals surface area contributed by atoms with Crippen LogP contribution in [0, 0.1) is 0 Å². The van der Waals surface area contributed by atoms with E-state index in [9.17, 15) is 0 Å². The molecule has 0 saturated heterocycles. The van der Waals surface area contributed by atoms with Gasteiger partial charge in [0.2, 0.25) is 0 Å². The maximum Gasteiger partial charge on any atom is -1.00 e. The van der Waals surface area contributed by atoms with Crippen LogP contribution in [0.3, 0.4) is 0 Å². The van der Waals surface area contributed by atoms with Crippen molar-refractivity contribution in [3.63, 3.8) is 0 Å². The summed E-state index contributed by atoms with van der Waals surface area (Å²) in [5.74, 6) is 0. The van der Waals surface area contributed by atoms with Gasteiger partial charge in [0, 0.05) is 0 Å². The van der Waals surface area contributed by atoms with Crippen molar-refractivity contribution in [3.05, 3.63) is 42.5 Å². The standard InChI is InChI=1S/C7H9.C5H5.C2H6Si.2ClH.Zr/c1-2-7-5-3-4-6-7;1-2-4-5-3-1;1-3-2;;;/h5-6H,2-3H2,1H3;1-3H,4H2;1-2H3;2*1H;/q;;;;;+2/p-2. The number of hydrogen-bond acceptors (Lipinski definition) is 0.